The van der Waals surface area contributed by atoms with E-state index < -0.39 is 41.2 Å². The fraction of sp³-hybridized carbons (Fsp3) is 0.720. The van der Waals surface area contributed by atoms with Gasteiger partial charge in [0.25, 0.3) is 0 Å². The van der Waals surface area contributed by atoms with Crippen molar-refractivity contribution in [2.75, 3.05) is 0 Å². The molecule has 0 aliphatic rings. The lowest BCUT2D eigenvalue weighted by molar-refractivity contribution is -0.523. The Morgan fingerprint density at radius 3 is 1.08 bits per heavy atom. The summed E-state index contributed by atoms with van der Waals surface area (Å²) in [6, 6.07) is 0. The maximum Gasteiger partial charge on any atom is 0.518 e. The maximum absolute atomic E-state index is 12.9. The van der Waals surface area contributed by atoms with Crippen LogP contribution in [-0.4, -0.2) is 41.2 Å². The fourth-order valence-corrected chi connectivity index (χ4v) is 1.88. The average molecular weight is 519 g/mol. The Labute approximate surface area is 213 Å². The van der Waals surface area contributed by atoms with Crippen LogP contribution in [0.2, 0.25) is 0 Å². The lowest BCUT2D eigenvalue weighted by Gasteiger charge is -2.35. The second kappa shape index (κ2) is 13.7. The molecule has 208 valence electrons. The number of carbonyl (C=O) groups is 3. The summed E-state index contributed by atoms with van der Waals surface area (Å²) in [7, 11) is 0. The minimum absolute atomic E-state index is 0.0981. The molecule has 0 fully saturated rings. The first-order chi connectivity index (χ1) is 16.4. The van der Waals surface area contributed by atoms with E-state index in [9.17, 15) is 14.4 Å². The summed E-state index contributed by atoms with van der Waals surface area (Å²) in [5.74, 6) is -6.49. The minimum Gasteiger partial charge on any atom is -0.393 e. The summed E-state index contributed by atoms with van der Waals surface area (Å²) in [5.41, 5.74) is -1.54. The zero-order valence-corrected chi connectivity index (χ0v) is 23.2. The van der Waals surface area contributed by atoms with E-state index in [-0.39, 0.29) is 36.8 Å². The van der Waals surface area contributed by atoms with Crippen LogP contribution in [0, 0.1) is 0 Å². The van der Waals surface area contributed by atoms with E-state index in [0.717, 1.165) is 0 Å². The van der Waals surface area contributed by atoms with Crippen molar-refractivity contribution in [2.24, 2.45) is 0 Å². The van der Waals surface area contributed by atoms with Crippen molar-refractivity contribution in [1.29, 1.82) is 0 Å². The predicted molar refractivity (Wildman–Crippen MR) is 129 cm³/mol. The first-order valence-electron chi connectivity index (χ1n) is 11.8. The highest BCUT2D eigenvalue weighted by atomic mass is 17.3. The molecule has 0 aliphatic carbocycles. The third-order valence-electron chi connectivity index (χ3n) is 4.11. The average Bonchev–Trinajstić information content (AvgIpc) is 2.78. The van der Waals surface area contributed by atoms with E-state index in [1.165, 1.54) is 13.8 Å². The summed E-state index contributed by atoms with van der Waals surface area (Å²) in [6.45, 7) is 23.6. The van der Waals surface area contributed by atoms with E-state index in [0.29, 0.717) is 0 Å². The van der Waals surface area contributed by atoms with Gasteiger partial charge in [0.1, 0.15) is 0 Å². The van der Waals surface area contributed by atoms with Gasteiger partial charge in [0.2, 0.25) is 0 Å². The van der Waals surface area contributed by atoms with Crippen molar-refractivity contribution in [2.45, 2.75) is 118 Å². The molecule has 0 heterocycles. The highest BCUT2D eigenvalue weighted by Gasteiger charge is 2.48. The van der Waals surface area contributed by atoms with Gasteiger partial charge in [-0.2, -0.15) is 0 Å². The fourth-order valence-electron chi connectivity index (χ4n) is 1.88. The minimum atomic E-state index is -2.36. The number of hydrogen-bond donors (Lipinski definition) is 0. The lowest BCUT2D eigenvalue weighted by atomic mass is 10.2. The molecular formula is C25H42O11. The van der Waals surface area contributed by atoms with Crippen molar-refractivity contribution in [1.82, 2.24) is 0 Å². The van der Waals surface area contributed by atoms with Crippen LogP contribution in [0.25, 0.3) is 0 Å². The number of ether oxygens (including phenoxy) is 4. The smallest absolute Gasteiger partial charge is 0.393 e. The van der Waals surface area contributed by atoms with Crippen LogP contribution >= 0.6 is 0 Å². The molecule has 0 amide bonds. The first kappa shape index (κ1) is 33.5. The number of rotatable bonds is 14. The molecule has 0 saturated heterocycles. The maximum atomic E-state index is 12.9. The van der Waals surface area contributed by atoms with Crippen LogP contribution in [-0.2, 0) is 48.1 Å². The Hall–Kier alpha value is -2.47. The predicted octanol–water partition coefficient (Wildman–Crippen LogP) is 5.78. The normalized spacial score (nSPS) is 15.2. The molecule has 0 saturated carbocycles. The third-order valence-corrected chi connectivity index (χ3v) is 4.11. The molecule has 2 unspecified atom stereocenters. The van der Waals surface area contributed by atoms with Gasteiger partial charge in [-0.25, -0.2) is 24.2 Å². The molecular weight excluding hydrogens is 476 g/mol. The molecule has 0 N–H and O–H groups in total. The second-order valence-corrected chi connectivity index (χ2v) is 9.78. The molecule has 0 rings (SSSR count). The van der Waals surface area contributed by atoms with Crippen molar-refractivity contribution < 1.29 is 52.9 Å². The van der Waals surface area contributed by atoms with Gasteiger partial charge < -0.3 is 18.9 Å². The summed E-state index contributed by atoms with van der Waals surface area (Å²) >= 11 is 0. The van der Waals surface area contributed by atoms with Crippen LogP contribution in [0.4, 0.5) is 4.79 Å². The molecule has 0 bridgehead atoms. The van der Waals surface area contributed by atoms with Crippen LogP contribution < -0.4 is 0 Å². The summed E-state index contributed by atoms with van der Waals surface area (Å²) in [6.07, 6.45) is -1.33. The van der Waals surface area contributed by atoms with Crippen LogP contribution in [0.5, 0.6) is 0 Å². The highest BCUT2D eigenvalue weighted by molar-refractivity contribution is 5.88. The molecule has 2 atom stereocenters. The Morgan fingerprint density at radius 2 is 0.861 bits per heavy atom. The zero-order chi connectivity index (χ0) is 28.4. The van der Waals surface area contributed by atoms with Crippen LogP contribution in [0.15, 0.2) is 24.3 Å². The third kappa shape index (κ3) is 12.0. The van der Waals surface area contributed by atoms with Crippen LogP contribution in [0.1, 0.15) is 94.9 Å². The van der Waals surface area contributed by atoms with E-state index in [4.69, 9.17) is 38.5 Å². The summed E-state index contributed by atoms with van der Waals surface area (Å²) in [4.78, 5) is 58.9. The van der Waals surface area contributed by atoms with Gasteiger partial charge in [-0.3, -0.25) is 0 Å². The number of hydrogen-bond acceptors (Lipinski definition) is 11. The molecule has 11 nitrogen and oxygen atoms in total. The zero-order valence-electron chi connectivity index (χ0n) is 23.2. The standard InChI is InChI=1S/C25H42O11/c1-13-17(5)19(26)29-24(15-3,35-33-22(7,8)9)31-21(28)32-25(16-4,36-34-23(10,11)12)30-20(27)18(6)14-2/h5-6,13-16H2,1-4,7-12H3. The molecule has 0 aliphatic heterocycles. The first-order valence-corrected chi connectivity index (χ1v) is 11.8. The van der Waals surface area contributed by atoms with Crippen molar-refractivity contribution in [3.8, 4) is 0 Å². The number of esters is 2. The van der Waals surface area contributed by atoms with Gasteiger partial charge in [0, 0.05) is 11.1 Å². The molecule has 0 aromatic carbocycles. The van der Waals surface area contributed by atoms with Gasteiger partial charge in [0.05, 0.1) is 24.0 Å². The monoisotopic (exact) mass is 518 g/mol. The van der Waals surface area contributed by atoms with Gasteiger partial charge in [0.15, 0.2) is 0 Å². The Bertz CT molecular complexity index is 727. The molecule has 0 aromatic rings. The molecule has 0 spiro atoms. The van der Waals surface area contributed by atoms with E-state index in [1.54, 1.807) is 55.4 Å². The Morgan fingerprint density at radius 1 is 0.556 bits per heavy atom. The lowest BCUT2D eigenvalue weighted by Crippen LogP contribution is -2.48. The van der Waals surface area contributed by atoms with E-state index in [2.05, 4.69) is 13.2 Å². The molecule has 36 heavy (non-hydrogen) atoms. The Balaban J connectivity index is 6.09. The van der Waals surface area contributed by atoms with Crippen molar-refractivity contribution >= 4 is 18.1 Å². The van der Waals surface area contributed by atoms with E-state index >= 15 is 0 Å². The van der Waals surface area contributed by atoms with E-state index in [1.807, 2.05) is 0 Å². The Kier molecular flexibility index (Phi) is 12.8. The summed E-state index contributed by atoms with van der Waals surface area (Å²) in [5, 5.41) is 0. The number of carbonyl (C=O) groups excluding carboxylic acids is 3. The summed E-state index contributed by atoms with van der Waals surface area (Å²) < 4.78 is 21.1. The largest absolute Gasteiger partial charge is 0.518 e. The molecule has 11 heteroatoms. The van der Waals surface area contributed by atoms with Crippen molar-refractivity contribution in [3.63, 3.8) is 0 Å². The van der Waals surface area contributed by atoms with Crippen LogP contribution in [0.3, 0.4) is 0 Å². The topological polar surface area (TPSA) is 125 Å². The van der Waals surface area contributed by atoms with Gasteiger partial charge in [-0.15, -0.1) is 9.78 Å². The second-order valence-electron chi connectivity index (χ2n) is 9.78. The van der Waals surface area contributed by atoms with Gasteiger partial charge in [-0.1, -0.05) is 40.9 Å². The van der Waals surface area contributed by atoms with Gasteiger partial charge >= 0.3 is 30.0 Å². The molecule has 0 aromatic heterocycles. The highest BCUT2D eigenvalue weighted by Crippen LogP contribution is 2.30. The quantitative estimate of drug-likeness (QED) is 0.0913. The van der Waals surface area contributed by atoms with Crippen molar-refractivity contribution in [3.05, 3.63) is 24.3 Å². The molecule has 0 radical (unpaired) electrons. The SMILES string of the molecule is C=C(CC)C(=O)OC(CC)(OOC(C)(C)C)OC(=O)OC(CC)(OOC(C)(C)C)OC(=O)C(=C)CC. The van der Waals surface area contributed by atoms with Gasteiger partial charge in [-0.05, 0) is 54.4 Å².